The molecule has 0 fully saturated rings. The molecule has 0 bridgehead atoms. The number of imidazole rings is 1. The van der Waals surface area contributed by atoms with E-state index >= 15 is 0 Å². The predicted molar refractivity (Wildman–Crippen MR) is 108 cm³/mol. The van der Waals surface area contributed by atoms with Crippen molar-refractivity contribution < 1.29 is 4.79 Å². The van der Waals surface area contributed by atoms with Crippen molar-refractivity contribution in [3.63, 3.8) is 0 Å². The Morgan fingerprint density at radius 1 is 1.19 bits per heavy atom. The number of fused-ring (bicyclic) bond motifs is 1. The lowest BCUT2D eigenvalue weighted by molar-refractivity contribution is 0.0935. The van der Waals surface area contributed by atoms with Gasteiger partial charge >= 0.3 is 0 Å². The zero-order valence-electron chi connectivity index (χ0n) is 15.0. The number of nitrogens with one attached hydrogen (secondary N) is 1. The fraction of sp³-hybridized carbons (Fsp3) is 0.190. The molecule has 0 unspecified atom stereocenters. The maximum Gasteiger partial charge on any atom is 0.251 e. The van der Waals surface area contributed by atoms with Gasteiger partial charge < -0.3 is 9.88 Å². The molecule has 0 saturated carbocycles. The molecule has 0 aliphatic carbocycles. The molecule has 0 saturated heterocycles. The lowest BCUT2D eigenvalue weighted by atomic mass is 10.0. The molecule has 1 amide bonds. The van der Waals surface area contributed by atoms with Crippen LogP contribution in [-0.4, -0.2) is 20.4 Å². The number of nitrogens with zero attached hydrogens (tertiary/aromatic N) is 3. The van der Waals surface area contributed by atoms with E-state index in [-0.39, 0.29) is 11.9 Å². The second-order valence-corrected chi connectivity index (χ2v) is 7.33. The molecule has 4 aromatic rings. The van der Waals surface area contributed by atoms with Gasteiger partial charge in [-0.15, -0.1) is 11.3 Å². The summed E-state index contributed by atoms with van der Waals surface area (Å²) in [6, 6.07) is 15.7. The average Bonchev–Trinajstić information content (AvgIpc) is 3.37. The first-order valence-corrected chi connectivity index (χ1v) is 9.81. The van der Waals surface area contributed by atoms with Crippen molar-refractivity contribution in [3.8, 4) is 0 Å². The van der Waals surface area contributed by atoms with Crippen LogP contribution in [0.3, 0.4) is 0 Å². The minimum Gasteiger partial charge on any atom is -0.345 e. The van der Waals surface area contributed by atoms with Crippen LogP contribution in [0.4, 0.5) is 0 Å². The summed E-state index contributed by atoms with van der Waals surface area (Å²) < 4.78 is 2.05. The van der Waals surface area contributed by atoms with Crippen LogP contribution in [0.25, 0.3) is 11.0 Å². The Morgan fingerprint density at radius 2 is 2.04 bits per heavy atom. The summed E-state index contributed by atoms with van der Waals surface area (Å²) in [4.78, 5) is 21.5. The fourth-order valence-corrected chi connectivity index (χ4v) is 3.77. The van der Waals surface area contributed by atoms with E-state index in [9.17, 15) is 4.79 Å². The lowest BCUT2D eigenvalue weighted by Gasteiger charge is -2.17. The monoisotopic (exact) mass is 376 g/mol. The van der Waals surface area contributed by atoms with E-state index in [0.717, 1.165) is 28.0 Å². The predicted octanol–water partition coefficient (Wildman–Crippen LogP) is 4.42. The SMILES string of the molecule is CC[C@@H](NC(=O)c1ccc2c(c1)ncn2Cc1nccs1)c1ccccc1. The number of hydrogen-bond donors (Lipinski definition) is 1. The standard InChI is InChI=1S/C21H20N4OS/c1-2-17(15-6-4-3-5-7-15)24-21(26)16-8-9-19-18(12-16)23-14-25(19)13-20-22-10-11-27-20/h3-12,14,17H,2,13H2,1H3,(H,24,26)/t17-/m1/s1. The van der Waals surface area contributed by atoms with Gasteiger partial charge in [0.15, 0.2) is 0 Å². The van der Waals surface area contributed by atoms with Crippen LogP contribution in [0.15, 0.2) is 66.4 Å². The summed E-state index contributed by atoms with van der Waals surface area (Å²) in [7, 11) is 0. The first-order valence-electron chi connectivity index (χ1n) is 8.93. The second-order valence-electron chi connectivity index (χ2n) is 6.35. The van der Waals surface area contributed by atoms with Gasteiger partial charge in [-0.05, 0) is 30.2 Å². The molecule has 136 valence electrons. The van der Waals surface area contributed by atoms with E-state index in [1.165, 1.54) is 0 Å². The highest BCUT2D eigenvalue weighted by atomic mass is 32.1. The van der Waals surface area contributed by atoms with Gasteiger partial charge in [0.25, 0.3) is 5.91 Å². The fourth-order valence-electron chi connectivity index (χ4n) is 3.16. The molecular weight excluding hydrogens is 356 g/mol. The van der Waals surface area contributed by atoms with Crippen molar-refractivity contribution in [2.75, 3.05) is 0 Å². The molecule has 0 spiro atoms. The van der Waals surface area contributed by atoms with Crippen LogP contribution in [0.5, 0.6) is 0 Å². The van der Waals surface area contributed by atoms with E-state index in [1.54, 1.807) is 23.9 Å². The second kappa shape index (κ2) is 7.72. The molecule has 2 aromatic carbocycles. The zero-order valence-corrected chi connectivity index (χ0v) is 15.8. The number of amides is 1. The van der Waals surface area contributed by atoms with Crippen LogP contribution in [0, 0.1) is 0 Å². The summed E-state index contributed by atoms with van der Waals surface area (Å²) >= 11 is 1.62. The topological polar surface area (TPSA) is 59.8 Å². The number of benzene rings is 2. The zero-order chi connectivity index (χ0) is 18.6. The molecule has 1 atom stereocenters. The average molecular weight is 376 g/mol. The highest BCUT2D eigenvalue weighted by Gasteiger charge is 2.15. The summed E-state index contributed by atoms with van der Waals surface area (Å²) in [5, 5.41) is 6.12. The van der Waals surface area contributed by atoms with E-state index in [4.69, 9.17) is 0 Å². The number of aromatic nitrogens is 3. The maximum absolute atomic E-state index is 12.7. The van der Waals surface area contributed by atoms with Gasteiger partial charge in [-0.2, -0.15) is 0 Å². The Balaban J connectivity index is 1.54. The molecule has 0 aliphatic rings. The molecule has 6 heteroatoms. The van der Waals surface area contributed by atoms with Crippen LogP contribution >= 0.6 is 11.3 Å². The lowest BCUT2D eigenvalue weighted by Crippen LogP contribution is -2.28. The van der Waals surface area contributed by atoms with Crippen molar-refractivity contribution in [2.45, 2.75) is 25.9 Å². The van der Waals surface area contributed by atoms with Gasteiger partial charge in [0.1, 0.15) is 5.01 Å². The number of carbonyl (C=O) groups excluding carboxylic acids is 1. The van der Waals surface area contributed by atoms with E-state index in [0.29, 0.717) is 12.1 Å². The van der Waals surface area contributed by atoms with Crippen LogP contribution in [0.1, 0.15) is 40.3 Å². The third-order valence-corrected chi connectivity index (χ3v) is 5.35. The van der Waals surface area contributed by atoms with Gasteiger partial charge in [-0.3, -0.25) is 4.79 Å². The van der Waals surface area contributed by atoms with Gasteiger partial charge in [-0.25, -0.2) is 9.97 Å². The highest BCUT2D eigenvalue weighted by Crippen LogP contribution is 2.20. The van der Waals surface area contributed by atoms with Crippen molar-refractivity contribution >= 4 is 28.3 Å². The van der Waals surface area contributed by atoms with Crippen LogP contribution in [-0.2, 0) is 6.54 Å². The molecule has 2 aromatic heterocycles. The minimum atomic E-state index is -0.0814. The Labute approximate surface area is 161 Å². The van der Waals surface area contributed by atoms with E-state index < -0.39 is 0 Å². The number of thiazole rings is 1. The largest absolute Gasteiger partial charge is 0.345 e. The molecule has 27 heavy (non-hydrogen) atoms. The van der Waals surface area contributed by atoms with Crippen molar-refractivity contribution in [1.82, 2.24) is 19.9 Å². The van der Waals surface area contributed by atoms with Crippen LogP contribution in [0.2, 0.25) is 0 Å². The Bertz CT molecular complexity index is 1040. The van der Waals surface area contributed by atoms with Crippen molar-refractivity contribution in [1.29, 1.82) is 0 Å². The van der Waals surface area contributed by atoms with E-state index in [2.05, 4.69) is 26.8 Å². The molecule has 5 nitrogen and oxygen atoms in total. The molecule has 4 rings (SSSR count). The first kappa shape index (κ1) is 17.4. The van der Waals surface area contributed by atoms with Gasteiger partial charge in [0.05, 0.1) is 29.9 Å². The Kier molecular flexibility index (Phi) is 4.98. The molecule has 0 radical (unpaired) electrons. The summed E-state index contributed by atoms with van der Waals surface area (Å²) in [5.74, 6) is -0.0814. The number of carbonyl (C=O) groups is 1. The third-order valence-electron chi connectivity index (χ3n) is 4.59. The summed E-state index contributed by atoms with van der Waals surface area (Å²) in [6.07, 6.45) is 4.44. The smallest absolute Gasteiger partial charge is 0.251 e. The Hall–Kier alpha value is -2.99. The third kappa shape index (κ3) is 3.75. The van der Waals surface area contributed by atoms with Crippen LogP contribution < -0.4 is 5.32 Å². The normalized spacial score (nSPS) is 12.2. The highest BCUT2D eigenvalue weighted by molar-refractivity contribution is 7.09. The maximum atomic E-state index is 12.7. The quantitative estimate of drug-likeness (QED) is 0.542. The van der Waals surface area contributed by atoms with E-state index in [1.807, 2.05) is 53.9 Å². The van der Waals surface area contributed by atoms with Crippen molar-refractivity contribution in [2.24, 2.45) is 0 Å². The summed E-state index contributed by atoms with van der Waals surface area (Å²) in [5.41, 5.74) is 3.54. The summed E-state index contributed by atoms with van der Waals surface area (Å²) in [6.45, 7) is 2.76. The molecule has 2 heterocycles. The van der Waals surface area contributed by atoms with Gasteiger partial charge in [0, 0.05) is 17.1 Å². The van der Waals surface area contributed by atoms with Gasteiger partial charge in [0.2, 0.25) is 0 Å². The first-order chi connectivity index (χ1) is 13.2. The van der Waals surface area contributed by atoms with Gasteiger partial charge in [-0.1, -0.05) is 37.3 Å². The Morgan fingerprint density at radius 3 is 2.78 bits per heavy atom. The molecule has 1 N–H and O–H groups in total. The molecular formula is C21H20N4OS. The van der Waals surface area contributed by atoms with Crippen molar-refractivity contribution in [3.05, 3.63) is 82.6 Å². The molecule has 0 aliphatic heterocycles. The minimum absolute atomic E-state index is 0.00291. The number of hydrogen-bond acceptors (Lipinski definition) is 4. The number of rotatable bonds is 6.